The van der Waals surface area contributed by atoms with E-state index < -0.39 is 5.91 Å². The first kappa shape index (κ1) is 16.1. The third-order valence-electron chi connectivity index (χ3n) is 4.56. The van der Waals surface area contributed by atoms with Crippen LogP contribution in [0.15, 0.2) is 65.6 Å². The second-order valence-electron chi connectivity index (χ2n) is 6.29. The highest BCUT2D eigenvalue weighted by Crippen LogP contribution is 2.21. The third-order valence-corrected chi connectivity index (χ3v) is 4.56. The van der Waals surface area contributed by atoms with E-state index in [4.69, 9.17) is 0 Å². The predicted octanol–water partition coefficient (Wildman–Crippen LogP) is 2.06. The maximum absolute atomic E-state index is 12.6. The number of carbonyl (C=O) groups excluding carboxylic acids is 2. The molecule has 1 saturated heterocycles. The van der Waals surface area contributed by atoms with Crippen LogP contribution in [0.3, 0.4) is 0 Å². The van der Waals surface area contributed by atoms with Gasteiger partial charge in [-0.2, -0.15) is 0 Å². The Morgan fingerprint density at radius 3 is 2.58 bits per heavy atom. The molecule has 0 unspecified atom stereocenters. The molecule has 4 rings (SSSR count). The molecular weight excluding hydrogens is 330 g/mol. The van der Waals surface area contributed by atoms with E-state index in [-0.39, 0.29) is 29.4 Å². The highest BCUT2D eigenvalue weighted by Gasteiger charge is 2.32. The Labute approximate surface area is 149 Å². The number of benzene rings is 2. The number of anilines is 1. The molecule has 1 aliphatic rings. The summed E-state index contributed by atoms with van der Waals surface area (Å²) < 4.78 is 0. The van der Waals surface area contributed by atoms with Crippen molar-refractivity contribution in [3.63, 3.8) is 0 Å². The van der Waals surface area contributed by atoms with E-state index in [2.05, 4.69) is 10.3 Å². The van der Waals surface area contributed by atoms with Crippen molar-refractivity contribution in [1.82, 2.24) is 10.3 Å². The highest BCUT2D eigenvalue weighted by atomic mass is 16.2. The highest BCUT2D eigenvalue weighted by molar-refractivity contribution is 6.00. The van der Waals surface area contributed by atoms with Crippen LogP contribution in [0.1, 0.15) is 16.8 Å². The van der Waals surface area contributed by atoms with Gasteiger partial charge in [-0.15, -0.1) is 0 Å². The van der Waals surface area contributed by atoms with Gasteiger partial charge in [0.15, 0.2) is 0 Å². The number of pyridine rings is 1. The average Bonchev–Trinajstić information content (AvgIpc) is 3.03. The number of fused-ring (bicyclic) bond motifs is 1. The van der Waals surface area contributed by atoms with Crippen molar-refractivity contribution in [2.75, 3.05) is 11.4 Å². The lowest BCUT2D eigenvalue weighted by Crippen LogP contribution is -2.39. The normalized spacial score (nSPS) is 16.8. The van der Waals surface area contributed by atoms with Gasteiger partial charge in [0.05, 0.1) is 6.04 Å². The molecule has 0 radical (unpaired) electrons. The van der Waals surface area contributed by atoms with Crippen LogP contribution < -0.4 is 15.6 Å². The predicted molar refractivity (Wildman–Crippen MR) is 99.2 cm³/mol. The van der Waals surface area contributed by atoms with E-state index in [9.17, 15) is 14.4 Å². The summed E-state index contributed by atoms with van der Waals surface area (Å²) in [5.74, 6) is -0.515. The van der Waals surface area contributed by atoms with Gasteiger partial charge in [0.25, 0.3) is 5.91 Å². The lowest BCUT2D eigenvalue weighted by atomic mass is 10.1. The van der Waals surface area contributed by atoms with E-state index >= 15 is 0 Å². The summed E-state index contributed by atoms with van der Waals surface area (Å²) in [6.07, 6.45) is 1.64. The lowest BCUT2D eigenvalue weighted by molar-refractivity contribution is -0.117. The number of carbonyl (C=O) groups is 2. The van der Waals surface area contributed by atoms with Gasteiger partial charge >= 0.3 is 0 Å². The van der Waals surface area contributed by atoms with Crippen molar-refractivity contribution in [1.29, 1.82) is 0 Å². The minimum Gasteiger partial charge on any atom is -0.360 e. The quantitative estimate of drug-likeness (QED) is 0.761. The Morgan fingerprint density at radius 2 is 1.77 bits per heavy atom. The van der Waals surface area contributed by atoms with Crippen LogP contribution in [0.25, 0.3) is 10.9 Å². The monoisotopic (exact) mass is 347 g/mol. The second kappa shape index (κ2) is 6.48. The minimum atomic E-state index is -0.468. The van der Waals surface area contributed by atoms with Crippen molar-refractivity contribution < 1.29 is 9.59 Å². The molecule has 6 heteroatoms. The molecule has 0 aliphatic carbocycles. The third kappa shape index (κ3) is 2.86. The minimum absolute atomic E-state index is 0.0473. The largest absolute Gasteiger partial charge is 0.360 e. The summed E-state index contributed by atoms with van der Waals surface area (Å²) in [6.45, 7) is 0.389. The molecular formula is C20H17N3O3. The molecule has 2 amide bonds. The second-order valence-corrected chi connectivity index (χ2v) is 6.29. The van der Waals surface area contributed by atoms with E-state index in [1.54, 1.807) is 23.1 Å². The summed E-state index contributed by atoms with van der Waals surface area (Å²) in [5.41, 5.74) is 1.22. The zero-order valence-corrected chi connectivity index (χ0v) is 13.9. The van der Waals surface area contributed by atoms with Crippen LogP contribution in [0.2, 0.25) is 0 Å². The van der Waals surface area contributed by atoms with Crippen molar-refractivity contribution in [3.05, 3.63) is 76.6 Å². The van der Waals surface area contributed by atoms with Gasteiger partial charge in [-0.1, -0.05) is 30.3 Å². The van der Waals surface area contributed by atoms with Crippen LogP contribution >= 0.6 is 0 Å². The number of aromatic nitrogens is 1. The Morgan fingerprint density at radius 1 is 1.04 bits per heavy atom. The maximum atomic E-state index is 12.6. The fraction of sp³-hybridized carbons (Fsp3) is 0.150. The lowest BCUT2D eigenvalue weighted by Gasteiger charge is -2.17. The number of amides is 2. The van der Waals surface area contributed by atoms with E-state index in [0.29, 0.717) is 17.4 Å². The first-order valence-corrected chi connectivity index (χ1v) is 8.40. The molecule has 26 heavy (non-hydrogen) atoms. The molecule has 0 bridgehead atoms. The number of para-hydroxylation sites is 2. The summed E-state index contributed by atoms with van der Waals surface area (Å²) in [5, 5.41) is 3.28. The molecule has 2 heterocycles. The molecule has 1 fully saturated rings. The topological polar surface area (TPSA) is 82.3 Å². The first-order chi connectivity index (χ1) is 12.6. The Balaban J connectivity index is 1.53. The van der Waals surface area contributed by atoms with Gasteiger partial charge in [-0.25, -0.2) is 0 Å². The molecule has 0 spiro atoms. The molecule has 2 N–H and O–H groups in total. The van der Waals surface area contributed by atoms with Gasteiger partial charge in [-0.05, 0) is 24.3 Å². The van der Waals surface area contributed by atoms with E-state index in [0.717, 1.165) is 5.69 Å². The summed E-state index contributed by atoms with van der Waals surface area (Å²) >= 11 is 0. The maximum Gasteiger partial charge on any atom is 0.257 e. The van der Waals surface area contributed by atoms with Crippen LogP contribution in [0, 0.1) is 0 Å². The van der Waals surface area contributed by atoms with Crippen molar-refractivity contribution >= 4 is 28.4 Å². The van der Waals surface area contributed by atoms with Crippen molar-refractivity contribution in [2.45, 2.75) is 12.5 Å². The van der Waals surface area contributed by atoms with Crippen LogP contribution in [0.5, 0.6) is 0 Å². The van der Waals surface area contributed by atoms with E-state index in [1.165, 1.54) is 6.20 Å². The van der Waals surface area contributed by atoms with Crippen LogP contribution in [-0.4, -0.2) is 29.4 Å². The standard InChI is InChI=1S/C20H17N3O3/c24-18-10-13(12-23(18)14-6-2-1-3-7-14)22-20(26)16-11-21-17-9-5-4-8-15(17)19(16)25/h1-9,11,13H,10,12H2,(H,21,25)(H,22,26)/t13-/m1/s1. The fourth-order valence-corrected chi connectivity index (χ4v) is 3.26. The number of nitrogens with one attached hydrogen (secondary N) is 2. The zero-order chi connectivity index (χ0) is 18.1. The molecule has 1 aliphatic heterocycles. The molecule has 6 nitrogen and oxygen atoms in total. The molecule has 130 valence electrons. The molecule has 0 saturated carbocycles. The Hall–Kier alpha value is -3.41. The number of hydrogen-bond acceptors (Lipinski definition) is 3. The summed E-state index contributed by atoms with van der Waals surface area (Å²) in [4.78, 5) is 42.0. The zero-order valence-electron chi connectivity index (χ0n) is 13.9. The van der Waals surface area contributed by atoms with Crippen molar-refractivity contribution in [2.24, 2.45) is 0 Å². The summed E-state index contributed by atoms with van der Waals surface area (Å²) in [7, 11) is 0. The Kier molecular flexibility index (Phi) is 4.01. The van der Waals surface area contributed by atoms with Crippen LogP contribution in [-0.2, 0) is 4.79 Å². The summed E-state index contributed by atoms with van der Waals surface area (Å²) in [6, 6.07) is 16.0. The molecule has 2 aromatic carbocycles. The van der Waals surface area contributed by atoms with Gasteiger partial charge < -0.3 is 15.2 Å². The van der Waals surface area contributed by atoms with E-state index in [1.807, 2.05) is 36.4 Å². The number of hydrogen-bond donors (Lipinski definition) is 2. The smallest absolute Gasteiger partial charge is 0.257 e. The molecule has 1 atom stereocenters. The SMILES string of the molecule is O=C(N[C@@H]1CC(=O)N(c2ccccc2)C1)c1c[nH]c2ccccc2c1=O. The number of nitrogens with zero attached hydrogens (tertiary/aromatic N) is 1. The van der Waals surface area contributed by atoms with Gasteiger partial charge in [-0.3, -0.25) is 14.4 Å². The number of rotatable bonds is 3. The Bertz CT molecular complexity index is 1040. The first-order valence-electron chi connectivity index (χ1n) is 8.40. The van der Waals surface area contributed by atoms with Gasteiger partial charge in [0, 0.05) is 35.8 Å². The number of H-pyrrole nitrogens is 1. The fourth-order valence-electron chi connectivity index (χ4n) is 3.26. The van der Waals surface area contributed by atoms with Crippen LogP contribution in [0.4, 0.5) is 5.69 Å². The average molecular weight is 347 g/mol. The molecule has 1 aromatic heterocycles. The van der Waals surface area contributed by atoms with Gasteiger partial charge in [0.2, 0.25) is 11.3 Å². The van der Waals surface area contributed by atoms with Gasteiger partial charge in [0.1, 0.15) is 5.56 Å². The molecule has 3 aromatic rings. The van der Waals surface area contributed by atoms with Crippen molar-refractivity contribution in [3.8, 4) is 0 Å². The number of aromatic amines is 1.